The number of aliphatic hydroxyl groups excluding tert-OH is 1. The molecule has 0 amide bonds. The number of fused-ring (bicyclic) bond motifs is 1. The zero-order valence-corrected chi connectivity index (χ0v) is 8.94. The zero-order chi connectivity index (χ0) is 10.0. The molecule has 0 heterocycles. The van der Waals surface area contributed by atoms with Crippen LogP contribution in [0.25, 0.3) is 11.1 Å². The molecule has 0 aromatic rings. The lowest BCUT2D eigenvalue weighted by molar-refractivity contribution is 0.318. The largest absolute Gasteiger partial charge is 0.397 e. The Morgan fingerprint density at radius 3 is 2.08 bits per heavy atom. The predicted octanol–water partition coefficient (Wildman–Crippen LogP) is 2.84. The van der Waals surface area contributed by atoms with Gasteiger partial charge in [0.2, 0.25) is 0 Å². The van der Waals surface area contributed by atoms with Gasteiger partial charge >= 0.3 is 0 Å². The summed E-state index contributed by atoms with van der Waals surface area (Å²) in [5.74, 6) is 0. The van der Waals surface area contributed by atoms with E-state index >= 15 is 0 Å². The second-order valence-corrected chi connectivity index (χ2v) is 3.39. The van der Waals surface area contributed by atoms with Gasteiger partial charge in [-0.2, -0.15) is 0 Å². The first kappa shape index (κ1) is 10.3. The smallest absolute Gasteiger partial charge is 0.0402 e. The fourth-order valence-corrected chi connectivity index (χ4v) is 1.98. The predicted molar refractivity (Wildman–Crippen MR) is 57.0 cm³/mol. The van der Waals surface area contributed by atoms with Crippen molar-refractivity contribution >= 4 is 0 Å². The average Bonchev–Trinajstić information content (AvgIpc) is 2.04. The molecule has 0 spiro atoms. The lowest BCUT2D eigenvalue weighted by Gasteiger charge is -2.29. The van der Waals surface area contributed by atoms with Gasteiger partial charge in [0.25, 0.3) is 0 Å². The molecule has 0 fully saturated rings. The molecule has 72 valence electrons. The number of rotatable bonds is 1. The first-order valence-electron chi connectivity index (χ1n) is 4.91. The quantitative estimate of drug-likeness (QED) is 0.712. The van der Waals surface area contributed by atoms with Gasteiger partial charge in [-0.3, -0.25) is 0 Å². The molecule has 1 N–H and O–H groups in total. The number of aliphatic hydroxyl groups is 1. The second kappa shape index (κ2) is 3.93. The van der Waals surface area contributed by atoms with Gasteiger partial charge in [-0.25, -0.2) is 0 Å². The summed E-state index contributed by atoms with van der Waals surface area (Å²) in [7, 11) is 0. The van der Waals surface area contributed by atoms with Crippen molar-refractivity contribution in [1.82, 2.24) is 0 Å². The Hall–Kier alpha value is -0.820. The molecule has 2 aliphatic rings. The normalized spacial score (nSPS) is 10.5. The van der Waals surface area contributed by atoms with Crippen molar-refractivity contribution in [1.29, 1.82) is 0 Å². The molecule has 0 saturated carbocycles. The Morgan fingerprint density at radius 1 is 1.23 bits per heavy atom. The van der Waals surface area contributed by atoms with Crippen LogP contribution in [0.1, 0.15) is 30.5 Å². The summed E-state index contributed by atoms with van der Waals surface area (Å²) in [5.41, 5.74) is 7.69. The van der Waals surface area contributed by atoms with Crippen LogP contribution in [0.3, 0.4) is 0 Å². The Labute approximate surface area is 80.4 Å². The molecule has 2 rings (SSSR count). The third-order valence-corrected chi connectivity index (χ3v) is 2.53. The summed E-state index contributed by atoms with van der Waals surface area (Å²) in [4.78, 5) is 0. The Bertz CT molecular complexity index is 313. The minimum Gasteiger partial charge on any atom is -0.397 e. The van der Waals surface area contributed by atoms with Crippen molar-refractivity contribution in [3.05, 3.63) is 22.8 Å². The molecular formula is C12H18O. The van der Waals surface area contributed by atoms with E-state index in [1.807, 2.05) is 0 Å². The van der Waals surface area contributed by atoms with Gasteiger partial charge in [-0.1, -0.05) is 13.0 Å². The van der Waals surface area contributed by atoms with Gasteiger partial charge in [-0.15, -0.1) is 0 Å². The minimum atomic E-state index is 0.250. The Balaban J connectivity index is 0.000000251. The Kier molecular flexibility index (Phi) is 3.10. The van der Waals surface area contributed by atoms with Crippen molar-refractivity contribution in [2.75, 3.05) is 6.61 Å². The molecule has 0 aromatic heterocycles. The molecule has 0 aliphatic heterocycles. The van der Waals surface area contributed by atoms with Crippen LogP contribution < -0.4 is 0 Å². The number of aryl methyl sites for hydroxylation is 1. The van der Waals surface area contributed by atoms with Gasteiger partial charge in [0.1, 0.15) is 0 Å². The highest BCUT2D eigenvalue weighted by Gasteiger charge is 2.24. The first-order chi connectivity index (χ1) is 6.17. The lowest BCUT2D eigenvalue weighted by Crippen LogP contribution is -2.08. The monoisotopic (exact) mass is 178 g/mol. The maximum atomic E-state index is 7.57. The van der Waals surface area contributed by atoms with E-state index in [-0.39, 0.29) is 6.61 Å². The standard InChI is InChI=1S/C10H12.C2H6O/c1-4-8-7(3)10-6(2)5-9(8)10;1-2-3/h5H,4H2,1-3H3;3H,2H2,1H3. The summed E-state index contributed by atoms with van der Waals surface area (Å²) in [6.45, 7) is 8.58. The van der Waals surface area contributed by atoms with E-state index in [0.717, 1.165) is 0 Å². The fourth-order valence-electron chi connectivity index (χ4n) is 1.98. The molecule has 2 aliphatic carbocycles. The van der Waals surface area contributed by atoms with Crippen LogP contribution in [-0.2, 0) is 6.42 Å². The van der Waals surface area contributed by atoms with E-state index in [0.29, 0.717) is 0 Å². The third-order valence-electron chi connectivity index (χ3n) is 2.53. The van der Waals surface area contributed by atoms with Gasteiger partial charge < -0.3 is 5.11 Å². The van der Waals surface area contributed by atoms with E-state index in [4.69, 9.17) is 5.11 Å². The van der Waals surface area contributed by atoms with Gasteiger partial charge in [0.05, 0.1) is 0 Å². The summed E-state index contributed by atoms with van der Waals surface area (Å²) in [5, 5.41) is 7.57. The second-order valence-electron chi connectivity index (χ2n) is 3.39. The van der Waals surface area contributed by atoms with Gasteiger partial charge in [-0.05, 0) is 55.0 Å². The maximum Gasteiger partial charge on any atom is 0.0402 e. The molecule has 1 nitrogen and oxygen atoms in total. The van der Waals surface area contributed by atoms with Crippen LogP contribution in [-0.4, -0.2) is 11.7 Å². The lowest BCUT2D eigenvalue weighted by atomic mass is 9.75. The van der Waals surface area contributed by atoms with E-state index in [1.165, 1.54) is 23.1 Å². The highest BCUT2D eigenvalue weighted by atomic mass is 16.2. The molecule has 0 bridgehead atoms. The highest BCUT2D eigenvalue weighted by molar-refractivity contribution is 5.89. The summed E-state index contributed by atoms with van der Waals surface area (Å²) in [6, 6.07) is 2.29. The summed E-state index contributed by atoms with van der Waals surface area (Å²) < 4.78 is 0. The van der Waals surface area contributed by atoms with E-state index in [2.05, 4.69) is 26.8 Å². The van der Waals surface area contributed by atoms with E-state index in [9.17, 15) is 0 Å². The molecular weight excluding hydrogens is 160 g/mol. The van der Waals surface area contributed by atoms with Crippen molar-refractivity contribution < 1.29 is 5.11 Å². The number of hydrogen-bond acceptors (Lipinski definition) is 1. The number of benzene rings is 1. The number of hydrogen-bond donors (Lipinski definition) is 1. The molecule has 0 radical (unpaired) electrons. The molecule has 0 unspecified atom stereocenters. The summed E-state index contributed by atoms with van der Waals surface area (Å²) >= 11 is 0. The van der Waals surface area contributed by atoms with Crippen molar-refractivity contribution in [2.24, 2.45) is 0 Å². The van der Waals surface area contributed by atoms with Crippen LogP contribution in [0.5, 0.6) is 0 Å². The average molecular weight is 178 g/mol. The van der Waals surface area contributed by atoms with Gasteiger partial charge in [0.15, 0.2) is 0 Å². The Morgan fingerprint density at radius 2 is 1.77 bits per heavy atom. The molecule has 1 heteroatoms. The van der Waals surface area contributed by atoms with Crippen molar-refractivity contribution in [2.45, 2.75) is 34.1 Å². The van der Waals surface area contributed by atoms with E-state index < -0.39 is 0 Å². The van der Waals surface area contributed by atoms with Crippen LogP contribution in [0.2, 0.25) is 0 Å². The molecule has 0 atom stereocenters. The molecule has 0 saturated heterocycles. The van der Waals surface area contributed by atoms with E-state index in [1.54, 1.807) is 18.1 Å². The summed E-state index contributed by atoms with van der Waals surface area (Å²) in [6.07, 6.45) is 1.20. The maximum absolute atomic E-state index is 7.57. The van der Waals surface area contributed by atoms with Crippen LogP contribution in [0, 0.1) is 13.8 Å². The molecule has 13 heavy (non-hydrogen) atoms. The fraction of sp³-hybridized carbons (Fsp3) is 0.500. The van der Waals surface area contributed by atoms with Crippen molar-refractivity contribution in [3.8, 4) is 11.1 Å². The molecule has 0 aromatic carbocycles. The highest BCUT2D eigenvalue weighted by Crippen LogP contribution is 2.45. The van der Waals surface area contributed by atoms with Crippen molar-refractivity contribution in [3.63, 3.8) is 0 Å². The minimum absolute atomic E-state index is 0.250. The third kappa shape index (κ3) is 1.49. The van der Waals surface area contributed by atoms with Crippen LogP contribution >= 0.6 is 0 Å². The SMILES string of the molecule is CCO.CCc1c2cc(C)c-2c1C. The topological polar surface area (TPSA) is 20.2 Å². The van der Waals surface area contributed by atoms with Crippen LogP contribution in [0.15, 0.2) is 6.07 Å². The van der Waals surface area contributed by atoms with Gasteiger partial charge in [0, 0.05) is 6.61 Å². The van der Waals surface area contributed by atoms with Crippen LogP contribution in [0.4, 0.5) is 0 Å². The first-order valence-corrected chi connectivity index (χ1v) is 4.91. The zero-order valence-electron chi connectivity index (χ0n) is 8.94.